The lowest BCUT2D eigenvalue weighted by molar-refractivity contribution is -0.129. The van der Waals surface area contributed by atoms with Crippen LogP contribution in [0.5, 0.6) is 0 Å². The number of carbonyl (C=O) groups excluding carboxylic acids is 1. The summed E-state index contributed by atoms with van der Waals surface area (Å²) in [5, 5.41) is 3.31. The van der Waals surface area contributed by atoms with Crippen LogP contribution in [0.3, 0.4) is 0 Å². The van der Waals surface area contributed by atoms with Crippen LogP contribution in [0, 0.1) is 0 Å². The third-order valence-corrected chi connectivity index (χ3v) is 2.18. The van der Waals surface area contributed by atoms with E-state index >= 15 is 0 Å². The Labute approximate surface area is 79.8 Å². The number of hydrogen-bond donors (Lipinski definition) is 1. The first-order chi connectivity index (χ1) is 6.24. The Kier molecular flexibility index (Phi) is 3.96. The minimum absolute atomic E-state index is 0.188. The average molecular weight is 182 g/mol. The fraction of sp³-hybridized carbons (Fsp3) is 0.700. The summed E-state index contributed by atoms with van der Waals surface area (Å²) >= 11 is 0. The molecule has 0 aromatic carbocycles. The fourth-order valence-corrected chi connectivity index (χ4v) is 1.16. The van der Waals surface area contributed by atoms with E-state index in [1.165, 1.54) is 12.8 Å². The van der Waals surface area contributed by atoms with Crippen molar-refractivity contribution in [2.24, 2.45) is 0 Å². The maximum atomic E-state index is 11.4. The van der Waals surface area contributed by atoms with Gasteiger partial charge in [0.25, 0.3) is 0 Å². The molecule has 0 saturated heterocycles. The van der Waals surface area contributed by atoms with Crippen molar-refractivity contribution in [3.8, 4) is 0 Å². The second-order valence-electron chi connectivity index (χ2n) is 3.54. The predicted molar refractivity (Wildman–Crippen MR) is 53.5 cm³/mol. The first-order valence-corrected chi connectivity index (χ1v) is 4.82. The number of nitrogens with one attached hydrogen (secondary N) is 1. The molecule has 1 saturated carbocycles. The third kappa shape index (κ3) is 4.08. The molecular formula is C10H18N2O. The zero-order chi connectivity index (χ0) is 9.68. The second-order valence-corrected chi connectivity index (χ2v) is 3.54. The molecular weight excluding hydrogens is 164 g/mol. The van der Waals surface area contributed by atoms with Crippen molar-refractivity contribution < 1.29 is 4.79 Å². The van der Waals surface area contributed by atoms with Gasteiger partial charge in [-0.15, -0.1) is 6.58 Å². The molecule has 0 bridgehead atoms. The van der Waals surface area contributed by atoms with Gasteiger partial charge in [-0.05, 0) is 12.8 Å². The van der Waals surface area contributed by atoms with Gasteiger partial charge < -0.3 is 10.2 Å². The summed E-state index contributed by atoms with van der Waals surface area (Å²) in [4.78, 5) is 13.1. The minimum Gasteiger partial charge on any atom is -0.342 e. The second kappa shape index (κ2) is 5.02. The zero-order valence-electron chi connectivity index (χ0n) is 8.25. The van der Waals surface area contributed by atoms with Crippen LogP contribution in [0.2, 0.25) is 0 Å². The number of amides is 1. The van der Waals surface area contributed by atoms with E-state index in [-0.39, 0.29) is 5.91 Å². The molecule has 0 heterocycles. The maximum Gasteiger partial charge on any atom is 0.223 e. The van der Waals surface area contributed by atoms with Crippen LogP contribution in [0.4, 0.5) is 0 Å². The standard InChI is InChI=1S/C10H18N2O/c1-3-8-12(2)10(13)6-7-11-9-4-5-9/h3,9,11H,1,4-8H2,2H3. The van der Waals surface area contributed by atoms with Crippen molar-refractivity contribution in [2.45, 2.75) is 25.3 Å². The van der Waals surface area contributed by atoms with Gasteiger partial charge in [-0.25, -0.2) is 0 Å². The summed E-state index contributed by atoms with van der Waals surface area (Å²) < 4.78 is 0. The van der Waals surface area contributed by atoms with Crippen LogP contribution in [0.1, 0.15) is 19.3 Å². The van der Waals surface area contributed by atoms with Crippen LogP contribution in [0.25, 0.3) is 0 Å². The van der Waals surface area contributed by atoms with E-state index in [2.05, 4.69) is 11.9 Å². The molecule has 1 amide bonds. The predicted octanol–water partition coefficient (Wildman–Crippen LogP) is 0.773. The first-order valence-electron chi connectivity index (χ1n) is 4.82. The largest absolute Gasteiger partial charge is 0.342 e. The number of rotatable bonds is 6. The highest BCUT2D eigenvalue weighted by atomic mass is 16.2. The van der Waals surface area contributed by atoms with Crippen LogP contribution in [-0.4, -0.2) is 37.0 Å². The summed E-state index contributed by atoms with van der Waals surface area (Å²) in [7, 11) is 1.81. The van der Waals surface area contributed by atoms with Crippen molar-refractivity contribution >= 4 is 5.91 Å². The van der Waals surface area contributed by atoms with Gasteiger partial charge in [0.05, 0.1) is 0 Å². The Bertz CT molecular complexity index is 187. The number of hydrogen-bond acceptors (Lipinski definition) is 2. The number of nitrogens with zero attached hydrogens (tertiary/aromatic N) is 1. The Morgan fingerprint density at radius 2 is 2.38 bits per heavy atom. The minimum atomic E-state index is 0.188. The van der Waals surface area contributed by atoms with Gasteiger partial charge in [-0.3, -0.25) is 4.79 Å². The van der Waals surface area contributed by atoms with Crippen molar-refractivity contribution in [2.75, 3.05) is 20.1 Å². The molecule has 74 valence electrons. The van der Waals surface area contributed by atoms with Crippen molar-refractivity contribution in [3.63, 3.8) is 0 Å². The van der Waals surface area contributed by atoms with Crippen LogP contribution < -0.4 is 5.32 Å². The van der Waals surface area contributed by atoms with Gasteiger partial charge in [0.2, 0.25) is 5.91 Å². The highest BCUT2D eigenvalue weighted by molar-refractivity contribution is 5.76. The van der Waals surface area contributed by atoms with E-state index in [4.69, 9.17) is 0 Å². The molecule has 3 heteroatoms. The topological polar surface area (TPSA) is 32.3 Å². The average Bonchev–Trinajstić information content (AvgIpc) is 2.88. The van der Waals surface area contributed by atoms with Gasteiger partial charge in [-0.2, -0.15) is 0 Å². The molecule has 1 rings (SSSR count). The molecule has 0 aromatic heterocycles. The molecule has 3 nitrogen and oxygen atoms in total. The quantitative estimate of drug-likeness (QED) is 0.615. The van der Waals surface area contributed by atoms with E-state index in [0.29, 0.717) is 19.0 Å². The third-order valence-electron chi connectivity index (χ3n) is 2.18. The van der Waals surface area contributed by atoms with Crippen LogP contribution in [0.15, 0.2) is 12.7 Å². The van der Waals surface area contributed by atoms with Crippen molar-refractivity contribution in [1.82, 2.24) is 10.2 Å². The maximum absolute atomic E-state index is 11.4. The zero-order valence-corrected chi connectivity index (χ0v) is 8.25. The monoisotopic (exact) mass is 182 g/mol. The summed E-state index contributed by atoms with van der Waals surface area (Å²) in [6.45, 7) is 5.04. The molecule has 1 aliphatic carbocycles. The van der Waals surface area contributed by atoms with Gasteiger partial charge in [0.15, 0.2) is 0 Å². The first kappa shape index (κ1) is 10.3. The van der Waals surface area contributed by atoms with E-state index in [9.17, 15) is 4.79 Å². The molecule has 0 atom stereocenters. The van der Waals surface area contributed by atoms with Gasteiger partial charge >= 0.3 is 0 Å². The Morgan fingerprint density at radius 3 is 2.92 bits per heavy atom. The molecule has 1 N–H and O–H groups in total. The van der Waals surface area contributed by atoms with Gasteiger partial charge in [0, 0.05) is 32.6 Å². The summed E-state index contributed by atoms with van der Waals surface area (Å²) in [6.07, 6.45) is 4.89. The Morgan fingerprint density at radius 1 is 1.69 bits per heavy atom. The molecule has 0 spiro atoms. The molecule has 1 fully saturated rings. The lowest BCUT2D eigenvalue weighted by Crippen LogP contribution is -2.30. The normalized spacial score (nSPS) is 15.5. The SMILES string of the molecule is C=CCN(C)C(=O)CCNC1CC1. The summed E-state index contributed by atoms with van der Waals surface area (Å²) in [6, 6.07) is 0.692. The Hall–Kier alpha value is -0.830. The highest BCUT2D eigenvalue weighted by Crippen LogP contribution is 2.18. The van der Waals surface area contributed by atoms with Crippen molar-refractivity contribution in [3.05, 3.63) is 12.7 Å². The molecule has 0 unspecified atom stereocenters. The van der Waals surface area contributed by atoms with E-state index in [0.717, 1.165) is 6.54 Å². The molecule has 0 radical (unpaired) electrons. The Balaban J connectivity index is 2.04. The molecule has 0 aromatic rings. The van der Waals surface area contributed by atoms with Crippen LogP contribution in [-0.2, 0) is 4.79 Å². The summed E-state index contributed by atoms with van der Waals surface area (Å²) in [5.74, 6) is 0.188. The molecule has 0 aliphatic heterocycles. The van der Waals surface area contributed by atoms with Crippen LogP contribution >= 0.6 is 0 Å². The lowest BCUT2D eigenvalue weighted by atomic mass is 10.3. The summed E-state index contributed by atoms with van der Waals surface area (Å²) in [5.41, 5.74) is 0. The highest BCUT2D eigenvalue weighted by Gasteiger charge is 2.20. The van der Waals surface area contributed by atoms with E-state index in [1.807, 2.05) is 0 Å². The smallest absolute Gasteiger partial charge is 0.223 e. The van der Waals surface area contributed by atoms with Gasteiger partial charge in [-0.1, -0.05) is 6.08 Å². The van der Waals surface area contributed by atoms with Crippen molar-refractivity contribution in [1.29, 1.82) is 0 Å². The van der Waals surface area contributed by atoms with Gasteiger partial charge in [0.1, 0.15) is 0 Å². The molecule has 1 aliphatic rings. The van der Waals surface area contributed by atoms with E-state index in [1.54, 1.807) is 18.0 Å². The number of carbonyl (C=O) groups is 1. The lowest BCUT2D eigenvalue weighted by Gasteiger charge is -2.14. The number of likely N-dealkylation sites (N-methyl/N-ethyl adjacent to an activating group) is 1. The molecule has 13 heavy (non-hydrogen) atoms. The fourth-order valence-electron chi connectivity index (χ4n) is 1.16. The van der Waals surface area contributed by atoms with E-state index < -0.39 is 0 Å².